The molecule has 2 fully saturated rings. The van der Waals surface area contributed by atoms with Gasteiger partial charge in [0, 0.05) is 39.2 Å². The molecule has 0 spiro atoms. The minimum absolute atomic E-state index is 0.0398. The van der Waals surface area contributed by atoms with Gasteiger partial charge in [-0.25, -0.2) is 4.79 Å². The number of carbonyl (C=O) groups excluding carboxylic acids is 1. The number of rotatable bonds is 6. The SMILES string of the molecule is CCN(Cc1noc(C)n1)[C@@H]1CCCN(C(=O)NC[C@H]2CCCO2)CC1. The average Bonchev–Trinajstić information content (AvgIpc) is 3.24. The Morgan fingerprint density at radius 2 is 2.19 bits per heavy atom. The van der Waals surface area contributed by atoms with Crippen molar-refractivity contribution >= 4 is 6.03 Å². The minimum atomic E-state index is 0.0398. The molecule has 2 aliphatic heterocycles. The lowest BCUT2D eigenvalue weighted by Crippen LogP contribution is -2.43. The monoisotopic (exact) mass is 365 g/mol. The van der Waals surface area contributed by atoms with Gasteiger partial charge >= 0.3 is 6.03 Å². The largest absolute Gasteiger partial charge is 0.376 e. The van der Waals surface area contributed by atoms with Crippen molar-refractivity contribution in [2.75, 3.05) is 32.8 Å². The number of aryl methyl sites for hydroxylation is 1. The molecular formula is C18H31N5O3. The number of hydrogen-bond donors (Lipinski definition) is 1. The minimum Gasteiger partial charge on any atom is -0.376 e. The maximum Gasteiger partial charge on any atom is 0.317 e. The van der Waals surface area contributed by atoms with E-state index in [9.17, 15) is 4.79 Å². The highest BCUT2D eigenvalue weighted by Gasteiger charge is 2.25. The molecule has 0 bridgehead atoms. The van der Waals surface area contributed by atoms with E-state index in [1.165, 1.54) is 0 Å². The van der Waals surface area contributed by atoms with Gasteiger partial charge in [-0.15, -0.1) is 0 Å². The van der Waals surface area contributed by atoms with Gasteiger partial charge in [-0.05, 0) is 38.6 Å². The molecule has 2 saturated heterocycles. The Bertz CT molecular complexity index is 573. The molecule has 3 rings (SSSR count). The highest BCUT2D eigenvalue weighted by molar-refractivity contribution is 5.74. The Morgan fingerprint density at radius 3 is 2.88 bits per heavy atom. The third-order valence-electron chi connectivity index (χ3n) is 5.33. The van der Waals surface area contributed by atoms with Crippen molar-refractivity contribution < 1.29 is 14.1 Å². The lowest BCUT2D eigenvalue weighted by atomic mass is 10.1. The molecule has 146 valence electrons. The summed E-state index contributed by atoms with van der Waals surface area (Å²) in [7, 11) is 0. The number of nitrogens with one attached hydrogen (secondary N) is 1. The molecule has 3 heterocycles. The Balaban J connectivity index is 1.47. The first-order valence-electron chi connectivity index (χ1n) is 9.83. The number of ether oxygens (including phenoxy) is 1. The van der Waals surface area contributed by atoms with Crippen LogP contribution in [0.15, 0.2) is 4.52 Å². The van der Waals surface area contributed by atoms with Crippen LogP contribution in [0.5, 0.6) is 0 Å². The fourth-order valence-corrected chi connectivity index (χ4v) is 3.85. The van der Waals surface area contributed by atoms with Gasteiger partial charge in [0.05, 0.1) is 12.6 Å². The van der Waals surface area contributed by atoms with Crippen LogP contribution in [-0.4, -0.2) is 70.9 Å². The summed E-state index contributed by atoms with van der Waals surface area (Å²) in [5.41, 5.74) is 0. The van der Waals surface area contributed by atoms with Crippen LogP contribution < -0.4 is 5.32 Å². The molecule has 0 unspecified atom stereocenters. The quantitative estimate of drug-likeness (QED) is 0.829. The molecule has 2 atom stereocenters. The highest BCUT2D eigenvalue weighted by atomic mass is 16.5. The molecule has 0 aliphatic carbocycles. The average molecular weight is 365 g/mol. The maximum atomic E-state index is 12.5. The van der Waals surface area contributed by atoms with Gasteiger partial charge in [-0.2, -0.15) is 4.98 Å². The van der Waals surface area contributed by atoms with E-state index in [0.29, 0.717) is 25.0 Å². The number of hydrogen-bond acceptors (Lipinski definition) is 6. The molecule has 2 aliphatic rings. The number of likely N-dealkylation sites (tertiary alicyclic amines) is 1. The summed E-state index contributed by atoms with van der Waals surface area (Å²) >= 11 is 0. The van der Waals surface area contributed by atoms with E-state index in [4.69, 9.17) is 9.26 Å². The summed E-state index contributed by atoms with van der Waals surface area (Å²) in [6.45, 7) is 8.63. The smallest absolute Gasteiger partial charge is 0.317 e. The molecule has 0 radical (unpaired) electrons. The molecule has 8 heteroatoms. The van der Waals surface area contributed by atoms with Crippen molar-refractivity contribution in [2.24, 2.45) is 0 Å². The Hall–Kier alpha value is -1.67. The van der Waals surface area contributed by atoms with E-state index in [2.05, 4.69) is 27.3 Å². The Labute approximate surface area is 155 Å². The summed E-state index contributed by atoms with van der Waals surface area (Å²) in [5, 5.41) is 7.05. The molecule has 1 aromatic heterocycles. The van der Waals surface area contributed by atoms with Crippen LogP contribution in [0.2, 0.25) is 0 Å². The first-order chi connectivity index (χ1) is 12.7. The second-order valence-corrected chi connectivity index (χ2v) is 7.19. The Morgan fingerprint density at radius 1 is 1.31 bits per heavy atom. The summed E-state index contributed by atoms with van der Waals surface area (Å²) < 4.78 is 10.7. The summed E-state index contributed by atoms with van der Waals surface area (Å²) in [4.78, 5) is 21.1. The second kappa shape index (κ2) is 9.32. The third kappa shape index (κ3) is 5.17. The van der Waals surface area contributed by atoms with E-state index in [1.54, 1.807) is 0 Å². The zero-order chi connectivity index (χ0) is 18.4. The maximum absolute atomic E-state index is 12.5. The molecule has 8 nitrogen and oxygen atoms in total. The van der Waals surface area contributed by atoms with Crippen LogP contribution in [0.3, 0.4) is 0 Å². The number of nitrogens with zero attached hydrogens (tertiary/aromatic N) is 4. The third-order valence-corrected chi connectivity index (χ3v) is 5.33. The number of aromatic nitrogens is 2. The van der Waals surface area contributed by atoms with E-state index in [0.717, 1.165) is 64.2 Å². The van der Waals surface area contributed by atoms with Gasteiger partial charge in [-0.3, -0.25) is 4.90 Å². The van der Waals surface area contributed by atoms with Crippen LogP contribution in [0.4, 0.5) is 4.79 Å². The predicted molar refractivity (Wildman–Crippen MR) is 96.7 cm³/mol. The first kappa shape index (κ1) is 19.1. The summed E-state index contributed by atoms with van der Waals surface area (Å²) in [6.07, 6.45) is 5.40. The van der Waals surface area contributed by atoms with E-state index < -0.39 is 0 Å². The fraction of sp³-hybridized carbons (Fsp3) is 0.833. The van der Waals surface area contributed by atoms with Crippen LogP contribution >= 0.6 is 0 Å². The molecule has 1 aromatic rings. The van der Waals surface area contributed by atoms with Crippen LogP contribution in [-0.2, 0) is 11.3 Å². The van der Waals surface area contributed by atoms with Crippen molar-refractivity contribution in [2.45, 2.75) is 64.6 Å². The van der Waals surface area contributed by atoms with Gasteiger partial charge in [0.1, 0.15) is 0 Å². The van der Waals surface area contributed by atoms with Crippen molar-refractivity contribution in [1.82, 2.24) is 25.3 Å². The zero-order valence-electron chi connectivity index (χ0n) is 15.9. The fourth-order valence-electron chi connectivity index (χ4n) is 3.85. The predicted octanol–water partition coefficient (Wildman–Crippen LogP) is 1.94. The van der Waals surface area contributed by atoms with E-state index >= 15 is 0 Å². The van der Waals surface area contributed by atoms with E-state index in [1.807, 2.05) is 11.8 Å². The molecular weight excluding hydrogens is 334 g/mol. The molecule has 1 N–H and O–H groups in total. The second-order valence-electron chi connectivity index (χ2n) is 7.19. The number of amides is 2. The van der Waals surface area contributed by atoms with Crippen LogP contribution in [0.25, 0.3) is 0 Å². The van der Waals surface area contributed by atoms with Gasteiger partial charge in [0.15, 0.2) is 5.82 Å². The molecule has 26 heavy (non-hydrogen) atoms. The van der Waals surface area contributed by atoms with Gasteiger partial charge < -0.3 is 19.5 Å². The lowest BCUT2D eigenvalue weighted by molar-refractivity contribution is 0.109. The van der Waals surface area contributed by atoms with Gasteiger partial charge in [0.2, 0.25) is 5.89 Å². The summed E-state index contributed by atoms with van der Waals surface area (Å²) in [6, 6.07) is 0.479. The van der Waals surface area contributed by atoms with Gasteiger partial charge in [-0.1, -0.05) is 12.1 Å². The van der Waals surface area contributed by atoms with Crippen molar-refractivity contribution in [1.29, 1.82) is 0 Å². The normalized spacial score (nSPS) is 24.0. The van der Waals surface area contributed by atoms with Crippen molar-refractivity contribution in [3.63, 3.8) is 0 Å². The summed E-state index contributed by atoms with van der Waals surface area (Å²) in [5.74, 6) is 1.34. The first-order valence-corrected chi connectivity index (χ1v) is 9.83. The Kier molecular flexibility index (Phi) is 6.85. The van der Waals surface area contributed by atoms with Crippen LogP contribution in [0.1, 0.15) is 50.7 Å². The number of urea groups is 1. The molecule has 2 amide bonds. The lowest BCUT2D eigenvalue weighted by Gasteiger charge is -2.29. The van der Waals surface area contributed by atoms with Gasteiger partial charge in [0.25, 0.3) is 0 Å². The number of carbonyl (C=O) groups is 1. The molecule has 0 aromatic carbocycles. The highest BCUT2D eigenvalue weighted by Crippen LogP contribution is 2.19. The van der Waals surface area contributed by atoms with E-state index in [-0.39, 0.29) is 12.1 Å². The van der Waals surface area contributed by atoms with Crippen molar-refractivity contribution in [3.8, 4) is 0 Å². The zero-order valence-corrected chi connectivity index (χ0v) is 15.9. The topological polar surface area (TPSA) is 83.7 Å². The van der Waals surface area contributed by atoms with Crippen molar-refractivity contribution in [3.05, 3.63) is 11.7 Å². The van der Waals surface area contributed by atoms with Crippen LogP contribution in [0, 0.1) is 6.92 Å². The molecule has 0 saturated carbocycles. The standard InChI is InChI=1S/C18H31N5O3/c1-3-22(13-17-20-14(2)26-21-17)15-6-4-9-23(10-8-15)18(24)19-12-16-7-5-11-25-16/h15-16H,3-13H2,1-2H3,(H,19,24)/t15-,16-/m1/s1.